The van der Waals surface area contributed by atoms with E-state index < -0.39 is 5.60 Å². The molecule has 0 aliphatic carbocycles. The molecule has 0 saturated carbocycles. The highest BCUT2D eigenvalue weighted by atomic mass is 16.6. The van der Waals surface area contributed by atoms with E-state index in [0.717, 1.165) is 74.6 Å². The minimum Gasteiger partial charge on any atom is -0.490 e. The van der Waals surface area contributed by atoms with Gasteiger partial charge in [0.15, 0.2) is 5.75 Å². The molecule has 6 heterocycles. The fourth-order valence-corrected chi connectivity index (χ4v) is 8.10. The summed E-state index contributed by atoms with van der Waals surface area (Å²) in [5, 5.41) is 16.2. The van der Waals surface area contributed by atoms with Gasteiger partial charge in [-0.25, -0.2) is 4.79 Å². The third-order valence-electron chi connectivity index (χ3n) is 10.5. The number of aryl methyl sites for hydroxylation is 1. The predicted octanol–water partition coefficient (Wildman–Crippen LogP) is 5.33. The molecule has 0 radical (unpaired) electrons. The Kier molecular flexibility index (Phi) is 7.81. The number of likely N-dealkylation sites (tertiary alicyclic amines) is 1. The van der Waals surface area contributed by atoms with Crippen molar-refractivity contribution in [3.63, 3.8) is 0 Å². The van der Waals surface area contributed by atoms with Gasteiger partial charge in [-0.3, -0.25) is 19.7 Å². The van der Waals surface area contributed by atoms with Crippen LogP contribution in [0.25, 0.3) is 11.1 Å². The lowest BCUT2D eigenvalue weighted by Gasteiger charge is -2.64. The average molecular weight is 595 g/mol. The molecule has 2 aromatic rings. The van der Waals surface area contributed by atoms with Gasteiger partial charge in [-0.1, -0.05) is 0 Å². The molecule has 3 unspecified atom stereocenters. The monoisotopic (exact) mass is 594 g/mol. The zero-order valence-corrected chi connectivity index (χ0v) is 26.3. The van der Waals surface area contributed by atoms with Gasteiger partial charge in [-0.15, -0.1) is 0 Å². The summed E-state index contributed by atoms with van der Waals surface area (Å²) in [4.78, 5) is 31.0. The first-order valence-electron chi connectivity index (χ1n) is 15.8. The summed E-state index contributed by atoms with van der Waals surface area (Å²) in [6.07, 6.45) is 10.3. The Morgan fingerprint density at radius 1 is 1.12 bits per heavy atom. The van der Waals surface area contributed by atoms with E-state index in [9.17, 15) is 14.9 Å². The van der Waals surface area contributed by atoms with Crippen molar-refractivity contribution in [1.29, 1.82) is 0 Å². The number of methoxy groups -OCH3 is 1. The Morgan fingerprint density at radius 3 is 2.40 bits per heavy atom. The number of amides is 1. The lowest BCUT2D eigenvalue weighted by atomic mass is 9.56. The van der Waals surface area contributed by atoms with Gasteiger partial charge >= 0.3 is 11.8 Å². The Balaban J connectivity index is 1.12. The fourth-order valence-electron chi connectivity index (χ4n) is 8.10. The molecule has 5 aliphatic rings. The van der Waals surface area contributed by atoms with Crippen LogP contribution in [-0.2, 0) is 11.8 Å². The highest BCUT2D eigenvalue weighted by Gasteiger charge is 2.56. The van der Waals surface area contributed by atoms with Gasteiger partial charge < -0.3 is 19.3 Å². The highest BCUT2D eigenvalue weighted by Crippen LogP contribution is 2.55. The predicted molar refractivity (Wildman–Crippen MR) is 164 cm³/mol. The first kappa shape index (κ1) is 29.7. The van der Waals surface area contributed by atoms with Gasteiger partial charge in [0.05, 0.1) is 18.2 Å². The van der Waals surface area contributed by atoms with Crippen molar-refractivity contribution in [3.05, 3.63) is 34.6 Å². The average Bonchev–Trinajstić information content (AvgIpc) is 3.40. The number of benzene rings is 1. The van der Waals surface area contributed by atoms with Gasteiger partial charge in [0, 0.05) is 81.0 Å². The molecule has 7 rings (SSSR count). The zero-order chi connectivity index (χ0) is 30.5. The van der Waals surface area contributed by atoms with Gasteiger partial charge in [0.1, 0.15) is 5.60 Å². The number of hydrogen-bond donors (Lipinski definition) is 0. The molecule has 5 saturated heterocycles. The standard InChI is InChI=1S/C32H46N6O5/c1-31(2,3)43-30(39)36-11-6-22(7-12-36)16-27-25-21-37(27)15-10-32(25)8-13-35(14-9-32)26-18-29(42-5)28(38(40)41)17-24(26)23-19-33-34(4)20-23/h17-20,22,25,27H,6-16,21H2,1-5H3. The van der Waals surface area contributed by atoms with E-state index in [-0.39, 0.29) is 22.5 Å². The van der Waals surface area contributed by atoms with Crippen molar-refractivity contribution in [2.45, 2.75) is 70.9 Å². The number of nitro benzene ring substituents is 1. The Hall–Kier alpha value is -3.34. The summed E-state index contributed by atoms with van der Waals surface area (Å²) >= 11 is 0. The second-order valence-electron chi connectivity index (χ2n) is 14.1. The molecule has 1 amide bonds. The number of nitrogens with zero attached hydrogens (tertiary/aromatic N) is 6. The van der Waals surface area contributed by atoms with Crippen LogP contribution in [-0.4, -0.2) is 88.6 Å². The van der Waals surface area contributed by atoms with E-state index >= 15 is 0 Å². The molecule has 1 spiro atoms. The molecule has 3 atom stereocenters. The maximum atomic E-state index is 12.5. The van der Waals surface area contributed by atoms with E-state index in [1.807, 2.05) is 45.0 Å². The number of hydrogen-bond acceptors (Lipinski definition) is 8. The number of carbonyl (C=O) groups is 1. The van der Waals surface area contributed by atoms with Crippen LogP contribution >= 0.6 is 0 Å². The SMILES string of the molecule is COc1cc(N2CCC3(CC2)CCN2CC3C2CC2CCN(C(=O)OC(C)(C)C)CC2)c(-c2cnn(C)c2)cc1[N+](=O)[O-]. The molecular formula is C32H46N6O5. The molecule has 1 aromatic carbocycles. The number of carbonyl (C=O) groups excluding carboxylic acids is 1. The molecule has 11 nitrogen and oxygen atoms in total. The van der Waals surface area contributed by atoms with Crippen LogP contribution in [0.5, 0.6) is 5.75 Å². The summed E-state index contributed by atoms with van der Waals surface area (Å²) in [5.41, 5.74) is 2.54. The molecule has 2 bridgehead atoms. The van der Waals surface area contributed by atoms with Crippen molar-refractivity contribution in [3.8, 4) is 16.9 Å². The lowest BCUT2D eigenvalue weighted by molar-refractivity contribution is -0.385. The van der Waals surface area contributed by atoms with Crippen LogP contribution in [0.15, 0.2) is 24.5 Å². The number of nitro groups is 1. The molecule has 1 aromatic heterocycles. The van der Waals surface area contributed by atoms with Crippen molar-refractivity contribution >= 4 is 17.5 Å². The van der Waals surface area contributed by atoms with E-state index in [1.165, 1.54) is 33.0 Å². The summed E-state index contributed by atoms with van der Waals surface area (Å²) in [5.74, 6) is 1.66. The summed E-state index contributed by atoms with van der Waals surface area (Å²) in [7, 11) is 3.35. The van der Waals surface area contributed by atoms with Gasteiger partial charge in [-0.05, 0) is 83.1 Å². The van der Waals surface area contributed by atoms with Crippen LogP contribution in [0.3, 0.4) is 0 Å². The second kappa shape index (κ2) is 11.3. The Labute approximate surface area is 254 Å². The van der Waals surface area contributed by atoms with E-state index in [0.29, 0.717) is 17.4 Å². The van der Waals surface area contributed by atoms with Gasteiger partial charge in [-0.2, -0.15) is 5.10 Å². The van der Waals surface area contributed by atoms with Crippen molar-refractivity contribution < 1.29 is 19.2 Å². The van der Waals surface area contributed by atoms with Crippen molar-refractivity contribution in [1.82, 2.24) is 19.6 Å². The van der Waals surface area contributed by atoms with Crippen LogP contribution in [0.2, 0.25) is 0 Å². The molecule has 43 heavy (non-hydrogen) atoms. The zero-order valence-electron chi connectivity index (χ0n) is 26.3. The molecule has 5 fully saturated rings. The van der Waals surface area contributed by atoms with E-state index in [2.05, 4.69) is 14.9 Å². The number of fused-ring (bicyclic) bond motifs is 1. The van der Waals surface area contributed by atoms with Gasteiger partial charge in [0.2, 0.25) is 0 Å². The topological polar surface area (TPSA) is 106 Å². The smallest absolute Gasteiger partial charge is 0.410 e. The van der Waals surface area contributed by atoms with Crippen molar-refractivity contribution in [2.75, 3.05) is 51.3 Å². The second-order valence-corrected chi connectivity index (χ2v) is 14.1. The fraction of sp³-hybridized carbons (Fsp3) is 0.688. The number of rotatable bonds is 6. The van der Waals surface area contributed by atoms with Gasteiger partial charge in [0.25, 0.3) is 0 Å². The summed E-state index contributed by atoms with van der Waals surface area (Å²) in [6, 6.07) is 4.13. The van der Waals surface area contributed by atoms with E-state index in [1.54, 1.807) is 16.9 Å². The molecule has 11 heteroatoms. The largest absolute Gasteiger partial charge is 0.490 e. The first-order valence-corrected chi connectivity index (χ1v) is 15.8. The highest BCUT2D eigenvalue weighted by molar-refractivity contribution is 5.82. The van der Waals surface area contributed by atoms with Crippen LogP contribution in [0.1, 0.15) is 59.3 Å². The normalized spacial score (nSPS) is 25.4. The van der Waals surface area contributed by atoms with Crippen molar-refractivity contribution in [2.24, 2.45) is 24.3 Å². The molecule has 5 aliphatic heterocycles. The van der Waals surface area contributed by atoms with Crippen LogP contribution in [0, 0.1) is 27.4 Å². The minimum atomic E-state index is -0.459. The maximum Gasteiger partial charge on any atom is 0.410 e. The third kappa shape index (κ3) is 5.80. The quantitative estimate of drug-likeness (QED) is 0.326. The molecular weight excluding hydrogens is 548 g/mol. The Morgan fingerprint density at radius 2 is 1.81 bits per heavy atom. The molecule has 234 valence electrons. The summed E-state index contributed by atoms with van der Waals surface area (Å²) in [6.45, 7) is 11.6. The number of ether oxygens (including phenoxy) is 2. The molecule has 0 N–H and O–H groups in total. The lowest BCUT2D eigenvalue weighted by Crippen LogP contribution is -2.69. The maximum absolute atomic E-state index is 12.5. The first-order chi connectivity index (χ1) is 20.5. The Bertz CT molecular complexity index is 1350. The van der Waals surface area contributed by atoms with Crippen LogP contribution < -0.4 is 9.64 Å². The third-order valence-corrected chi connectivity index (χ3v) is 10.5. The number of anilines is 1. The van der Waals surface area contributed by atoms with Crippen LogP contribution in [0.4, 0.5) is 16.2 Å². The van der Waals surface area contributed by atoms with E-state index in [4.69, 9.17) is 9.47 Å². The minimum absolute atomic E-state index is 0.0276. The summed E-state index contributed by atoms with van der Waals surface area (Å²) < 4.78 is 12.8. The number of aromatic nitrogens is 2. The number of piperidine rings is 4.